The molecule has 0 heterocycles. The first kappa shape index (κ1) is 14.0. The zero-order valence-electron chi connectivity index (χ0n) is 10.8. The minimum absolute atomic E-state index is 0.326. The number of carbonyl (C=O) groups excluding carboxylic acids is 1. The van der Waals surface area contributed by atoms with E-state index in [1.807, 2.05) is 7.05 Å². The van der Waals surface area contributed by atoms with Crippen LogP contribution in [0.25, 0.3) is 0 Å². The molecule has 0 unspecified atom stereocenters. The summed E-state index contributed by atoms with van der Waals surface area (Å²) in [6, 6.07) is 0.420. The summed E-state index contributed by atoms with van der Waals surface area (Å²) in [5.74, 6) is -1.31. The van der Waals surface area contributed by atoms with Crippen molar-refractivity contribution < 1.29 is 14.7 Å². The highest BCUT2D eigenvalue weighted by molar-refractivity contribution is 6.02. The van der Waals surface area contributed by atoms with Crippen molar-refractivity contribution in [1.29, 1.82) is 0 Å². The van der Waals surface area contributed by atoms with Crippen molar-refractivity contribution in [1.82, 2.24) is 10.2 Å². The van der Waals surface area contributed by atoms with E-state index in [-0.39, 0.29) is 5.91 Å². The van der Waals surface area contributed by atoms with Gasteiger partial charge in [-0.15, -0.1) is 0 Å². The van der Waals surface area contributed by atoms with E-state index < -0.39 is 11.4 Å². The summed E-state index contributed by atoms with van der Waals surface area (Å²) in [5.41, 5.74) is -1.14. The molecule has 0 aliphatic heterocycles. The van der Waals surface area contributed by atoms with Crippen molar-refractivity contribution in [2.75, 3.05) is 20.1 Å². The summed E-state index contributed by atoms with van der Waals surface area (Å²) in [4.78, 5) is 25.0. The molecule has 0 aromatic rings. The number of hydrogen-bond donors (Lipinski definition) is 2. The summed E-state index contributed by atoms with van der Waals surface area (Å²) in [6.45, 7) is 5.39. The fraction of sp³-hybridized carbons (Fsp3) is 0.833. The normalized spacial score (nSPS) is 17.9. The maximum absolute atomic E-state index is 11.8. The summed E-state index contributed by atoms with van der Waals surface area (Å²) < 4.78 is 0. The van der Waals surface area contributed by atoms with Crippen LogP contribution in [-0.2, 0) is 9.59 Å². The highest BCUT2D eigenvalue weighted by Gasteiger charge is 2.50. The van der Waals surface area contributed by atoms with Gasteiger partial charge in [-0.05, 0) is 33.7 Å². The van der Waals surface area contributed by atoms with Gasteiger partial charge in [0.2, 0.25) is 5.91 Å². The van der Waals surface area contributed by atoms with Gasteiger partial charge in [-0.25, -0.2) is 0 Å². The van der Waals surface area contributed by atoms with E-state index in [4.69, 9.17) is 5.11 Å². The minimum Gasteiger partial charge on any atom is -0.480 e. The Balaban J connectivity index is 2.37. The van der Waals surface area contributed by atoms with Gasteiger partial charge in [0.05, 0.1) is 0 Å². The molecule has 0 radical (unpaired) electrons. The van der Waals surface area contributed by atoms with Crippen LogP contribution in [0.2, 0.25) is 0 Å². The molecule has 0 aromatic heterocycles. The van der Waals surface area contributed by atoms with Gasteiger partial charge in [0, 0.05) is 19.1 Å². The molecule has 5 nitrogen and oxygen atoms in total. The minimum atomic E-state index is -1.14. The lowest BCUT2D eigenvalue weighted by Crippen LogP contribution is -2.52. The van der Waals surface area contributed by atoms with Crippen LogP contribution in [0.3, 0.4) is 0 Å². The van der Waals surface area contributed by atoms with Gasteiger partial charge in [0.25, 0.3) is 0 Å². The Labute approximate surface area is 102 Å². The summed E-state index contributed by atoms with van der Waals surface area (Å²) >= 11 is 0. The number of carbonyl (C=O) groups is 2. The molecule has 17 heavy (non-hydrogen) atoms. The molecule has 1 aliphatic rings. The second kappa shape index (κ2) is 5.49. The Morgan fingerprint density at radius 1 is 1.41 bits per heavy atom. The van der Waals surface area contributed by atoms with Crippen molar-refractivity contribution in [3.8, 4) is 0 Å². The summed E-state index contributed by atoms with van der Waals surface area (Å²) in [7, 11) is 1.98. The van der Waals surface area contributed by atoms with Gasteiger partial charge in [-0.3, -0.25) is 9.59 Å². The lowest BCUT2D eigenvalue weighted by Gasteiger charge is -2.36. The molecule has 1 rings (SSSR count). The van der Waals surface area contributed by atoms with Gasteiger partial charge in [0.1, 0.15) is 5.41 Å². The first-order chi connectivity index (χ1) is 7.90. The van der Waals surface area contributed by atoms with Crippen molar-refractivity contribution in [3.05, 3.63) is 0 Å². The van der Waals surface area contributed by atoms with Crippen LogP contribution in [0, 0.1) is 5.41 Å². The fourth-order valence-corrected chi connectivity index (χ4v) is 1.84. The largest absolute Gasteiger partial charge is 0.480 e. The SMILES string of the molecule is CC(C)N(C)CCNC(=O)C1(C(=O)O)CCC1. The smallest absolute Gasteiger partial charge is 0.319 e. The Morgan fingerprint density at radius 3 is 2.35 bits per heavy atom. The Morgan fingerprint density at radius 2 is 2.00 bits per heavy atom. The molecule has 0 spiro atoms. The molecule has 0 aromatic carbocycles. The van der Waals surface area contributed by atoms with Crippen LogP contribution in [0.1, 0.15) is 33.1 Å². The quantitative estimate of drug-likeness (QED) is 0.673. The monoisotopic (exact) mass is 242 g/mol. The second-order valence-electron chi connectivity index (χ2n) is 5.07. The second-order valence-corrected chi connectivity index (χ2v) is 5.07. The third-order valence-electron chi connectivity index (χ3n) is 3.68. The molecular weight excluding hydrogens is 220 g/mol. The Hall–Kier alpha value is -1.10. The molecule has 0 atom stereocenters. The highest BCUT2D eigenvalue weighted by atomic mass is 16.4. The number of carboxylic acids is 1. The Kier molecular flexibility index (Phi) is 4.51. The number of carboxylic acid groups (broad SMARTS) is 1. The van der Waals surface area contributed by atoms with E-state index >= 15 is 0 Å². The van der Waals surface area contributed by atoms with Gasteiger partial charge in [-0.2, -0.15) is 0 Å². The van der Waals surface area contributed by atoms with Crippen molar-refractivity contribution in [2.45, 2.75) is 39.2 Å². The van der Waals surface area contributed by atoms with Gasteiger partial charge >= 0.3 is 5.97 Å². The standard InChI is InChI=1S/C12H22N2O3/c1-9(2)14(3)8-7-13-10(15)12(11(16)17)5-4-6-12/h9H,4-8H2,1-3H3,(H,13,15)(H,16,17). The molecule has 1 saturated carbocycles. The average Bonchev–Trinajstić information content (AvgIpc) is 2.14. The number of rotatable bonds is 6. The number of amides is 1. The van der Waals surface area contributed by atoms with Crippen LogP contribution < -0.4 is 5.32 Å². The molecule has 1 aliphatic carbocycles. The van der Waals surface area contributed by atoms with Gasteiger partial charge in [-0.1, -0.05) is 6.42 Å². The van der Waals surface area contributed by atoms with Gasteiger partial charge < -0.3 is 15.3 Å². The highest BCUT2D eigenvalue weighted by Crippen LogP contribution is 2.41. The van der Waals surface area contributed by atoms with Gasteiger partial charge in [0.15, 0.2) is 0 Å². The fourth-order valence-electron chi connectivity index (χ4n) is 1.84. The van der Waals surface area contributed by atoms with E-state index in [1.165, 1.54) is 0 Å². The first-order valence-corrected chi connectivity index (χ1v) is 6.12. The molecule has 5 heteroatoms. The van der Waals surface area contributed by atoms with Crippen LogP contribution in [0.4, 0.5) is 0 Å². The predicted molar refractivity (Wildman–Crippen MR) is 64.7 cm³/mol. The third kappa shape index (κ3) is 2.97. The topological polar surface area (TPSA) is 69.6 Å². The van der Waals surface area contributed by atoms with E-state index in [2.05, 4.69) is 24.1 Å². The van der Waals surface area contributed by atoms with Crippen molar-refractivity contribution in [2.24, 2.45) is 5.41 Å². The number of likely N-dealkylation sites (N-methyl/N-ethyl adjacent to an activating group) is 1. The lowest BCUT2D eigenvalue weighted by atomic mass is 9.68. The van der Waals surface area contributed by atoms with Crippen molar-refractivity contribution >= 4 is 11.9 Å². The Bertz CT molecular complexity index is 298. The van der Waals surface area contributed by atoms with Crippen LogP contribution in [0.5, 0.6) is 0 Å². The number of aliphatic carboxylic acids is 1. The summed E-state index contributed by atoms with van der Waals surface area (Å²) in [5, 5.41) is 11.8. The van der Waals surface area contributed by atoms with Crippen LogP contribution >= 0.6 is 0 Å². The number of nitrogens with zero attached hydrogens (tertiary/aromatic N) is 1. The summed E-state index contributed by atoms with van der Waals surface area (Å²) in [6.07, 6.45) is 1.76. The first-order valence-electron chi connectivity index (χ1n) is 6.12. The molecule has 1 fully saturated rings. The van der Waals surface area contributed by atoms with E-state index in [0.717, 1.165) is 13.0 Å². The molecule has 0 bridgehead atoms. The maximum atomic E-state index is 11.8. The molecule has 0 saturated heterocycles. The van der Waals surface area contributed by atoms with Crippen LogP contribution in [0.15, 0.2) is 0 Å². The molecule has 2 N–H and O–H groups in total. The van der Waals surface area contributed by atoms with Crippen LogP contribution in [-0.4, -0.2) is 48.1 Å². The average molecular weight is 242 g/mol. The van der Waals surface area contributed by atoms with Crippen molar-refractivity contribution in [3.63, 3.8) is 0 Å². The zero-order valence-corrected chi connectivity index (χ0v) is 10.8. The van der Waals surface area contributed by atoms with E-state index in [9.17, 15) is 9.59 Å². The number of hydrogen-bond acceptors (Lipinski definition) is 3. The molecule has 98 valence electrons. The number of nitrogens with one attached hydrogen (secondary N) is 1. The third-order valence-corrected chi connectivity index (χ3v) is 3.68. The molecular formula is C12H22N2O3. The maximum Gasteiger partial charge on any atom is 0.319 e. The zero-order chi connectivity index (χ0) is 13.1. The lowest BCUT2D eigenvalue weighted by molar-refractivity contribution is -0.162. The van der Waals surface area contributed by atoms with E-state index in [1.54, 1.807) is 0 Å². The molecule has 1 amide bonds. The van der Waals surface area contributed by atoms with E-state index in [0.29, 0.717) is 25.4 Å². The predicted octanol–water partition coefficient (Wildman–Crippen LogP) is 0.698.